The van der Waals surface area contributed by atoms with Crippen molar-refractivity contribution in [2.45, 2.75) is 39.2 Å². The van der Waals surface area contributed by atoms with Crippen LogP contribution in [0, 0.1) is 0 Å². The molecule has 0 bridgehead atoms. The number of carbonyl (C=O) groups excluding carboxylic acids is 1. The van der Waals surface area contributed by atoms with Gasteiger partial charge in [0, 0.05) is 6.54 Å². The van der Waals surface area contributed by atoms with E-state index < -0.39 is 0 Å². The molecule has 0 saturated heterocycles. The first-order chi connectivity index (χ1) is 12.4. The van der Waals surface area contributed by atoms with Crippen molar-refractivity contribution in [3.63, 3.8) is 0 Å². The molecule has 0 aromatic heterocycles. The molecule has 1 amide bonds. The minimum Gasteiger partial charge on any atom is -0.497 e. The van der Waals surface area contributed by atoms with Crippen LogP contribution in [0.2, 0.25) is 0 Å². The van der Waals surface area contributed by atoms with Crippen LogP contribution in [-0.2, 0) is 28.0 Å². The highest BCUT2D eigenvalue weighted by Gasteiger charge is 2.12. The first-order valence-corrected chi connectivity index (χ1v) is 8.95. The zero-order chi connectivity index (χ0) is 19.0. The lowest BCUT2D eigenvalue weighted by atomic mass is 9.86. The third-order valence-corrected chi connectivity index (χ3v) is 4.19. The van der Waals surface area contributed by atoms with E-state index in [1.807, 2.05) is 24.3 Å². The van der Waals surface area contributed by atoms with Gasteiger partial charge in [0.25, 0.3) is 0 Å². The van der Waals surface area contributed by atoms with Crippen molar-refractivity contribution in [2.75, 3.05) is 20.3 Å². The van der Waals surface area contributed by atoms with Gasteiger partial charge in [0.2, 0.25) is 5.91 Å². The summed E-state index contributed by atoms with van der Waals surface area (Å²) in [5.74, 6) is 0.687. The maximum absolute atomic E-state index is 11.9. The minimum absolute atomic E-state index is 0.0557. The van der Waals surface area contributed by atoms with Gasteiger partial charge in [-0.05, 0) is 40.7 Å². The topological polar surface area (TPSA) is 47.6 Å². The number of carbonyl (C=O) groups is 1. The number of amides is 1. The molecule has 0 saturated carbocycles. The Morgan fingerprint density at radius 2 is 1.77 bits per heavy atom. The van der Waals surface area contributed by atoms with Gasteiger partial charge in [-0.1, -0.05) is 57.2 Å². The predicted molar refractivity (Wildman–Crippen MR) is 105 cm³/mol. The summed E-state index contributed by atoms with van der Waals surface area (Å²) >= 11 is 0. The summed E-state index contributed by atoms with van der Waals surface area (Å²) in [6, 6.07) is 16.2. The van der Waals surface area contributed by atoms with E-state index in [9.17, 15) is 4.79 Å². The van der Waals surface area contributed by atoms with Crippen LogP contribution in [0.1, 0.15) is 37.5 Å². The summed E-state index contributed by atoms with van der Waals surface area (Å²) in [7, 11) is 1.63. The van der Waals surface area contributed by atoms with Crippen molar-refractivity contribution in [3.05, 3.63) is 65.2 Å². The third-order valence-electron chi connectivity index (χ3n) is 4.19. The Morgan fingerprint density at radius 3 is 2.42 bits per heavy atom. The summed E-state index contributed by atoms with van der Waals surface area (Å²) in [6.07, 6.45) is 0.812. The quantitative estimate of drug-likeness (QED) is 0.782. The molecule has 0 radical (unpaired) electrons. The Hall–Kier alpha value is -2.33. The van der Waals surface area contributed by atoms with Crippen LogP contribution in [0.25, 0.3) is 0 Å². The highest BCUT2D eigenvalue weighted by molar-refractivity contribution is 5.77. The Balaban J connectivity index is 1.67. The fraction of sp³-hybridized carbons (Fsp3) is 0.409. The van der Waals surface area contributed by atoms with Crippen molar-refractivity contribution >= 4 is 5.91 Å². The highest BCUT2D eigenvalue weighted by Crippen LogP contribution is 2.22. The lowest BCUT2D eigenvalue weighted by Crippen LogP contribution is -2.29. The van der Waals surface area contributed by atoms with Gasteiger partial charge in [-0.15, -0.1) is 0 Å². The van der Waals surface area contributed by atoms with Crippen LogP contribution < -0.4 is 10.1 Å². The smallest absolute Gasteiger partial charge is 0.246 e. The van der Waals surface area contributed by atoms with Gasteiger partial charge >= 0.3 is 0 Å². The zero-order valence-corrected chi connectivity index (χ0v) is 16.2. The molecule has 0 spiro atoms. The summed E-state index contributed by atoms with van der Waals surface area (Å²) in [4.78, 5) is 11.9. The van der Waals surface area contributed by atoms with Gasteiger partial charge in [0.15, 0.2) is 0 Å². The molecule has 0 aliphatic carbocycles. The Morgan fingerprint density at radius 1 is 1.04 bits per heavy atom. The van der Waals surface area contributed by atoms with Gasteiger partial charge in [-0.25, -0.2) is 0 Å². The molecule has 2 aromatic rings. The molecule has 0 atom stereocenters. The summed E-state index contributed by atoms with van der Waals surface area (Å²) in [5.41, 5.74) is 3.68. The SMILES string of the molecule is COc1cccc(COCC(=O)NCCc2ccc(C(C)(C)C)cc2)c1. The molecular weight excluding hydrogens is 326 g/mol. The van der Waals surface area contributed by atoms with Crippen molar-refractivity contribution in [1.82, 2.24) is 5.32 Å². The van der Waals surface area contributed by atoms with E-state index in [4.69, 9.17) is 9.47 Å². The number of hydrogen-bond acceptors (Lipinski definition) is 3. The molecular formula is C22H29NO3. The lowest BCUT2D eigenvalue weighted by Gasteiger charge is -2.19. The molecule has 0 unspecified atom stereocenters. The molecule has 4 heteroatoms. The van der Waals surface area contributed by atoms with Crippen molar-refractivity contribution in [3.8, 4) is 5.75 Å². The minimum atomic E-state index is -0.0980. The molecule has 0 heterocycles. The number of nitrogens with one attached hydrogen (secondary N) is 1. The zero-order valence-electron chi connectivity index (χ0n) is 16.2. The third kappa shape index (κ3) is 6.52. The molecule has 0 fully saturated rings. The molecule has 1 N–H and O–H groups in total. The number of methoxy groups -OCH3 is 1. The largest absolute Gasteiger partial charge is 0.497 e. The van der Waals surface area contributed by atoms with Crippen LogP contribution in [0.4, 0.5) is 0 Å². The number of ether oxygens (including phenoxy) is 2. The maximum atomic E-state index is 11.9. The van der Waals surface area contributed by atoms with Crippen molar-refractivity contribution in [2.24, 2.45) is 0 Å². The molecule has 0 aliphatic rings. The van der Waals surface area contributed by atoms with Gasteiger partial charge in [-0.3, -0.25) is 4.79 Å². The molecule has 2 rings (SSSR count). The predicted octanol–water partition coefficient (Wildman–Crippen LogP) is 3.87. The summed E-state index contributed by atoms with van der Waals surface area (Å²) in [5, 5.41) is 2.90. The van der Waals surface area contributed by atoms with Gasteiger partial charge in [-0.2, -0.15) is 0 Å². The van der Waals surface area contributed by atoms with Crippen LogP contribution in [0.3, 0.4) is 0 Å². The lowest BCUT2D eigenvalue weighted by molar-refractivity contribution is -0.126. The summed E-state index contributed by atoms with van der Waals surface area (Å²) in [6.45, 7) is 7.66. The van der Waals surface area contributed by atoms with E-state index in [0.29, 0.717) is 13.2 Å². The molecule has 0 aliphatic heterocycles. The van der Waals surface area contributed by atoms with E-state index in [2.05, 4.69) is 50.4 Å². The standard InChI is InChI=1S/C22H29NO3/c1-22(2,3)19-10-8-17(9-11-19)12-13-23-21(24)16-26-15-18-6-5-7-20(14-18)25-4/h5-11,14H,12-13,15-16H2,1-4H3,(H,23,24). The molecule has 4 nitrogen and oxygen atoms in total. The first kappa shape index (κ1) is 20.0. The molecule has 26 heavy (non-hydrogen) atoms. The molecule has 140 valence electrons. The van der Waals surface area contributed by atoms with Crippen molar-refractivity contribution < 1.29 is 14.3 Å². The van der Waals surface area contributed by atoms with Crippen LogP contribution >= 0.6 is 0 Å². The second-order valence-electron chi connectivity index (χ2n) is 7.39. The van der Waals surface area contributed by atoms with E-state index in [0.717, 1.165) is 17.7 Å². The van der Waals surface area contributed by atoms with E-state index in [1.54, 1.807) is 7.11 Å². The van der Waals surface area contributed by atoms with Gasteiger partial charge < -0.3 is 14.8 Å². The van der Waals surface area contributed by atoms with E-state index >= 15 is 0 Å². The van der Waals surface area contributed by atoms with E-state index in [1.165, 1.54) is 11.1 Å². The number of benzene rings is 2. The van der Waals surface area contributed by atoms with Crippen LogP contribution in [0.5, 0.6) is 5.75 Å². The normalized spacial score (nSPS) is 11.2. The van der Waals surface area contributed by atoms with Crippen molar-refractivity contribution in [1.29, 1.82) is 0 Å². The fourth-order valence-electron chi connectivity index (χ4n) is 2.59. The first-order valence-electron chi connectivity index (χ1n) is 8.95. The Kier molecular flexibility index (Phi) is 7.22. The number of rotatable bonds is 8. The fourth-order valence-corrected chi connectivity index (χ4v) is 2.59. The molecule has 2 aromatic carbocycles. The highest BCUT2D eigenvalue weighted by atomic mass is 16.5. The van der Waals surface area contributed by atoms with Crippen LogP contribution in [0.15, 0.2) is 48.5 Å². The monoisotopic (exact) mass is 355 g/mol. The second-order valence-corrected chi connectivity index (χ2v) is 7.39. The Bertz CT molecular complexity index is 702. The van der Waals surface area contributed by atoms with Gasteiger partial charge in [0.05, 0.1) is 13.7 Å². The second kappa shape index (κ2) is 9.39. The van der Waals surface area contributed by atoms with E-state index in [-0.39, 0.29) is 17.9 Å². The van der Waals surface area contributed by atoms with Gasteiger partial charge in [0.1, 0.15) is 12.4 Å². The maximum Gasteiger partial charge on any atom is 0.246 e. The Labute approximate surface area is 156 Å². The average molecular weight is 355 g/mol. The average Bonchev–Trinajstić information content (AvgIpc) is 2.61. The number of hydrogen-bond donors (Lipinski definition) is 1. The summed E-state index contributed by atoms with van der Waals surface area (Å²) < 4.78 is 10.6. The van der Waals surface area contributed by atoms with Crippen LogP contribution in [-0.4, -0.2) is 26.2 Å².